The molecule has 0 saturated carbocycles. The number of carboxylic acid groups (broad SMARTS) is 1. The first-order valence-electron chi connectivity index (χ1n) is 14.5. The summed E-state index contributed by atoms with van der Waals surface area (Å²) < 4.78 is 24.7. The fourth-order valence-electron chi connectivity index (χ4n) is 6.38. The Morgan fingerprint density at radius 3 is 2.61 bits per heavy atom. The molecular formula is C31H42N3O7+. The number of hydrogen-bond acceptors (Lipinski definition) is 7. The number of unbranched alkanes of at least 4 members (excludes halogenated alkanes) is 1. The van der Waals surface area contributed by atoms with Gasteiger partial charge in [-0.3, -0.25) is 14.5 Å². The van der Waals surface area contributed by atoms with Gasteiger partial charge < -0.3 is 29.0 Å². The number of ether oxygens (including phenoxy) is 4. The van der Waals surface area contributed by atoms with E-state index in [4.69, 9.17) is 18.9 Å². The summed E-state index contributed by atoms with van der Waals surface area (Å²) >= 11 is 0. The van der Waals surface area contributed by atoms with Crippen molar-refractivity contribution in [2.24, 2.45) is 18.4 Å². The molecule has 0 aliphatic carbocycles. The van der Waals surface area contributed by atoms with Gasteiger partial charge in [0.25, 0.3) is 0 Å². The van der Waals surface area contributed by atoms with E-state index in [1.54, 1.807) is 0 Å². The van der Waals surface area contributed by atoms with Crippen molar-refractivity contribution in [3.8, 4) is 11.5 Å². The van der Waals surface area contributed by atoms with Gasteiger partial charge in [-0.2, -0.15) is 0 Å². The average Bonchev–Trinajstić information content (AvgIpc) is 3.69. The van der Waals surface area contributed by atoms with E-state index in [9.17, 15) is 14.7 Å². The lowest BCUT2D eigenvalue weighted by atomic mass is 9.77. The molecule has 2 aromatic rings. The van der Waals surface area contributed by atoms with Crippen LogP contribution in [0.3, 0.4) is 0 Å². The molecule has 0 bridgehead atoms. The van der Waals surface area contributed by atoms with Crippen LogP contribution in [-0.4, -0.2) is 73.9 Å². The molecule has 41 heavy (non-hydrogen) atoms. The van der Waals surface area contributed by atoms with Crippen molar-refractivity contribution < 1.29 is 38.2 Å². The Morgan fingerprint density at radius 2 is 1.90 bits per heavy atom. The quantitative estimate of drug-likeness (QED) is 0.412. The molecule has 4 heterocycles. The van der Waals surface area contributed by atoms with Crippen molar-refractivity contribution in [3.05, 3.63) is 48.3 Å². The molecule has 10 nitrogen and oxygen atoms in total. The number of aliphatic carboxylic acids is 1. The van der Waals surface area contributed by atoms with Crippen molar-refractivity contribution in [2.45, 2.75) is 58.3 Å². The number of rotatable bonds is 11. The molecular weight excluding hydrogens is 526 g/mol. The van der Waals surface area contributed by atoms with E-state index in [1.807, 2.05) is 73.1 Å². The summed E-state index contributed by atoms with van der Waals surface area (Å²) in [6.45, 7) is 8.53. The predicted molar refractivity (Wildman–Crippen MR) is 151 cm³/mol. The largest absolute Gasteiger partial charge is 0.481 e. The molecule has 2 saturated heterocycles. The summed E-state index contributed by atoms with van der Waals surface area (Å²) in [5, 5.41) is 10.6. The highest BCUT2D eigenvalue weighted by Crippen LogP contribution is 2.46. The number of likely N-dealkylation sites (tertiary alicyclic amines) is 1. The molecule has 222 valence electrons. The number of carboxylic acids is 1. The lowest BCUT2D eigenvalue weighted by Crippen LogP contribution is -2.47. The molecule has 3 aliphatic heterocycles. The number of amides is 1. The van der Waals surface area contributed by atoms with E-state index in [2.05, 4.69) is 11.8 Å². The first-order valence-corrected chi connectivity index (χ1v) is 14.5. The number of carbonyl (C=O) groups is 2. The average molecular weight is 569 g/mol. The van der Waals surface area contributed by atoms with Crippen LogP contribution in [0.15, 0.2) is 42.7 Å². The third-order valence-electron chi connectivity index (χ3n) is 8.46. The van der Waals surface area contributed by atoms with Gasteiger partial charge in [-0.05, 0) is 36.6 Å². The minimum atomic E-state index is -0.880. The van der Waals surface area contributed by atoms with Crippen molar-refractivity contribution in [3.63, 3.8) is 0 Å². The second kappa shape index (κ2) is 12.3. The second-order valence-corrected chi connectivity index (χ2v) is 12.0. The monoisotopic (exact) mass is 568 g/mol. The van der Waals surface area contributed by atoms with Gasteiger partial charge >= 0.3 is 5.97 Å². The number of aromatic nitrogens is 1. The van der Waals surface area contributed by atoms with Gasteiger partial charge in [-0.25, -0.2) is 4.57 Å². The molecule has 1 unspecified atom stereocenters. The Hall–Kier alpha value is -3.21. The second-order valence-electron chi connectivity index (χ2n) is 12.0. The highest BCUT2D eigenvalue weighted by Gasteiger charge is 2.50. The lowest BCUT2D eigenvalue weighted by Gasteiger charge is -2.37. The molecule has 0 spiro atoms. The molecule has 10 heteroatoms. The SMILES string of the molecule is CCCCN(C(=O)CN1C[C@H](c2ccc3c(c2)OCO3)C(C(=O)O)[C@@H]1CC(C)(C)C1OCCO1)c1ccc[n+](C)c1. The smallest absolute Gasteiger partial charge is 0.308 e. The summed E-state index contributed by atoms with van der Waals surface area (Å²) in [6.07, 6.45) is 5.78. The number of pyridine rings is 1. The Morgan fingerprint density at radius 1 is 1.15 bits per heavy atom. The fraction of sp³-hybridized carbons (Fsp3) is 0.581. The van der Waals surface area contributed by atoms with Crippen LogP contribution in [-0.2, 0) is 26.1 Å². The molecule has 2 fully saturated rings. The molecule has 1 aromatic carbocycles. The van der Waals surface area contributed by atoms with Gasteiger partial charge in [-0.1, -0.05) is 33.3 Å². The van der Waals surface area contributed by atoms with Crippen LogP contribution >= 0.6 is 0 Å². The molecule has 1 amide bonds. The fourth-order valence-corrected chi connectivity index (χ4v) is 6.38. The Balaban J connectivity index is 1.47. The Kier molecular flexibility index (Phi) is 8.82. The summed E-state index contributed by atoms with van der Waals surface area (Å²) in [7, 11) is 1.94. The zero-order chi connectivity index (χ0) is 29.1. The molecule has 3 atom stereocenters. The number of carbonyl (C=O) groups excluding carboxylic acids is 1. The normalized spacial score (nSPS) is 22.8. The third-order valence-corrected chi connectivity index (χ3v) is 8.46. The van der Waals surface area contributed by atoms with Crippen molar-refractivity contribution in [1.29, 1.82) is 0 Å². The number of fused-ring (bicyclic) bond motifs is 1. The van der Waals surface area contributed by atoms with Gasteiger partial charge in [0.05, 0.1) is 25.7 Å². The summed E-state index contributed by atoms with van der Waals surface area (Å²) in [4.78, 5) is 30.9. The van der Waals surface area contributed by atoms with Gasteiger partial charge in [0.15, 0.2) is 30.2 Å². The highest BCUT2D eigenvalue weighted by molar-refractivity contribution is 5.94. The predicted octanol–water partition coefficient (Wildman–Crippen LogP) is 3.33. The van der Waals surface area contributed by atoms with Crippen molar-refractivity contribution in [1.82, 2.24) is 4.90 Å². The molecule has 3 aliphatic rings. The standard InChI is InChI=1S/C31H41N3O7/c1-5-6-12-34(22-8-7-11-32(4)17-22)27(35)19-33-18-23(21-9-10-25-26(15-21)41-20-40-25)28(29(36)37)24(33)16-31(2,3)30-38-13-14-39-30/h7-11,15,17,23-24,28,30H,5-6,12-14,16,18-20H2,1-4H3/p+1/t23-,24+,28?/m1/s1. The molecule has 5 rings (SSSR count). The maximum absolute atomic E-state index is 14.0. The van der Waals surface area contributed by atoms with Crippen LogP contribution in [0.4, 0.5) is 5.69 Å². The topological polar surface area (TPSA) is 102 Å². The zero-order valence-electron chi connectivity index (χ0n) is 24.5. The van der Waals surface area contributed by atoms with Gasteiger partial charge in [-0.15, -0.1) is 0 Å². The maximum atomic E-state index is 14.0. The van der Waals surface area contributed by atoms with Crippen LogP contribution in [0.25, 0.3) is 0 Å². The molecule has 1 aromatic heterocycles. The molecule has 1 N–H and O–H groups in total. The maximum Gasteiger partial charge on any atom is 0.308 e. The van der Waals surface area contributed by atoms with Crippen LogP contribution < -0.4 is 18.9 Å². The van der Waals surface area contributed by atoms with Crippen LogP contribution in [0.1, 0.15) is 51.5 Å². The van der Waals surface area contributed by atoms with Gasteiger partial charge in [0.1, 0.15) is 12.7 Å². The minimum Gasteiger partial charge on any atom is -0.481 e. The Labute approximate surface area is 241 Å². The van der Waals surface area contributed by atoms with E-state index in [0.29, 0.717) is 44.2 Å². The Bertz CT molecular complexity index is 1250. The summed E-state index contributed by atoms with van der Waals surface area (Å²) in [5.74, 6) is -0.719. The number of aryl methyl sites for hydroxylation is 1. The van der Waals surface area contributed by atoms with Crippen LogP contribution in [0, 0.1) is 11.3 Å². The van der Waals surface area contributed by atoms with Gasteiger partial charge in [0.2, 0.25) is 12.7 Å². The zero-order valence-corrected chi connectivity index (χ0v) is 24.5. The third kappa shape index (κ3) is 6.34. The van der Waals surface area contributed by atoms with Crippen molar-refractivity contribution >= 4 is 17.6 Å². The minimum absolute atomic E-state index is 0.0451. The highest BCUT2D eigenvalue weighted by atomic mass is 16.7. The van der Waals surface area contributed by atoms with Crippen LogP contribution in [0.2, 0.25) is 0 Å². The molecule has 0 radical (unpaired) electrons. The number of nitrogens with zero attached hydrogens (tertiary/aromatic N) is 3. The van der Waals surface area contributed by atoms with Gasteiger partial charge in [0, 0.05) is 36.5 Å². The summed E-state index contributed by atoms with van der Waals surface area (Å²) in [5.41, 5.74) is 1.24. The first-order chi connectivity index (χ1) is 19.7. The number of benzene rings is 1. The van der Waals surface area contributed by atoms with E-state index in [1.165, 1.54) is 0 Å². The van der Waals surface area contributed by atoms with E-state index >= 15 is 0 Å². The number of anilines is 1. The summed E-state index contributed by atoms with van der Waals surface area (Å²) in [6, 6.07) is 9.11. The van der Waals surface area contributed by atoms with E-state index in [0.717, 1.165) is 24.1 Å². The van der Waals surface area contributed by atoms with E-state index < -0.39 is 29.6 Å². The first kappa shape index (κ1) is 29.3. The van der Waals surface area contributed by atoms with Crippen molar-refractivity contribution in [2.75, 3.05) is 44.5 Å². The lowest BCUT2D eigenvalue weighted by molar-refractivity contribution is -0.670. The van der Waals surface area contributed by atoms with Crippen LogP contribution in [0.5, 0.6) is 11.5 Å². The number of hydrogen-bond donors (Lipinski definition) is 1. The van der Waals surface area contributed by atoms with E-state index in [-0.39, 0.29) is 25.2 Å².